The van der Waals surface area contributed by atoms with Crippen LogP contribution < -0.4 is 5.32 Å². The minimum atomic E-state index is -0.473. The SMILES string of the molecule is CC(=O)CNC(=O)O[C@H]1CC[C@@]2(C)C(=CC[C@@H]3[C@@H]2CC[C@]2(C)C(c4cccnc4)=CCC32C)C1. The number of fused-ring (bicyclic) bond motifs is 5. The highest BCUT2D eigenvalue weighted by atomic mass is 16.6. The van der Waals surface area contributed by atoms with Gasteiger partial charge in [0.05, 0.1) is 6.54 Å². The van der Waals surface area contributed by atoms with E-state index in [4.69, 9.17) is 4.74 Å². The Kier molecular flexibility index (Phi) is 5.73. The number of nitrogens with one attached hydrogen (secondary N) is 1. The summed E-state index contributed by atoms with van der Waals surface area (Å²) in [5.74, 6) is 1.25. The Morgan fingerprint density at radius 1 is 1.15 bits per heavy atom. The summed E-state index contributed by atoms with van der Waals surface area (Å²) in [5, 5.41) is 2.57. The number of carbonyl (C=O) groups excluding carboxylic acids is 2. The predicted molar refractivity (Wildman–Crippen MR) is 133 cm³/mol. The normalized spacial score (nSPS) is 38.5. The maximum absolute atomic E-state index is 12.1. The molecular formula is C29H38N2O3. The second kappa shape index (κ2) is 8.35. The van der Waals surface area contributed by atoms with Crippen molar-refractivity contribution in [1.29, 1.82) is 0 Å². The molecule has 4 aliphatic carbocycles. The van der Waals surface area contributed by atoms with E-state index in [1.54, 1.807) is 0 Å². The molecule has 1 unspecified atom stereocenters. The fourth-order valence-electron chi connectivity index (χ4n) is 7.99. The summed E-state index contributed by atoms with van der Waals surface area (Å²) in [6.45, 7) is 9.01. The molecule has 0 aliphatic heterocycles. The van der Waals surface area contributed by atoms with E-state index >= 15 is 0 Å². The van der Waals surface area contributed by atoms with Crippen LogP contribution in [0.1, 0.15) is 78.2 Å². The van der Waals surface area contributed by atoms with Gasteiger partial charge in [-0.15, -0.1) is 0 Å². The number of nitrogens with zero attached hydrogens (tertiary/aromatic N) is 1. The monoisotopic (exact) mass is 462 g/mol. The molecule has 0 saturated heterocycles. The predicted octanol–water partition coefficient (Wildman–Crippen LogP) is 6.11. The lowest BCUT2D eigenvalue weighted by Crippen LogP contribution is -2.54. The van der Waals surface area contributed by atoms with Gasteiger partial charge in [-0.3, -0.25) is 9.78 Å². The van der Waals surface area contributed by atoms with Crippen molar-refractivity contribution < 1.29 is 14.3 Å². The summed E-state index contributed by atoms with van der Waals surface area (Å²) in [5.41, 5.74) is 4.86. The first-order valence-electron chi connectivity index (χ1n) is 12.9. The van der Waals surface area contributed by atoms with Crippen molar-refractivity contribution >= 4 is 17.4 Å². The molecule has 6 atom stereocenters. The molecular weight excluding hydrogens is 424 g/mol. The van der Waals surface area contributed by atoms with Crippen molar-refractivity contribution in [3.8, 4) is 0 Å². The van der Waals surface area contributed by atoms with Gasteiger partial charge in [0.2, 0.25) is 0 Å². The Labute approximate surface area is 203 Å². The number of rotatable bonds is 4. The smallest absolute Gasteiger partial charge is 0.407 e. The van der Waals surface area contributed by atoms with Crippen molar-refractivity contribution in [2.24, 2.45) is 28.1 Å². The molecule has 1 amide bonds. The molecule has 2 fully saturated rings. The number of hydrogen-bond donors (Lipinski definition) is 1. The van der Waals surface area contributed by atoms with Crippen LogP contribution in [-0.2, 0) is 9.53 Å². The zero-order chi connectivity index (χ0) is 24.1. The van der Waals surface area contributed by atoms with Crippen LogP contribution in [0.3, 0.4) is 0 Å². The summed E-state index contributed by atoms with van der Waals surface area (Å²) in [6.07, 6.45) is 15.8. The van der Waals surface area contributed by atoms with Gasteiger partial charge in [-0.1, -0.05) is 44.6 Å². The second-order valence-corrected chi connectivity index (χ2v) is 11.8. The molecule has 1 N–H and O–H groups in total. The first-order valence-corrected chi connectivity index (χ1v) is 12.9. The third kappa shape index (κ3) is 3.54. The number of hydrogen-bond acceptors (Lipinski definition) is 4. The number of aromatic nitrogens is 1. The number of ether oxygens (including phenoxy) is 1. The highest BCUT2D eigenvalue weighted by Crippen LogP contribution is 2.71. The first kappa shape index (κ1) is 23.3. The maximum atomic E-state index is 12.1. The molecule has 182 valence electrons. The Balaban J connectivity index is 1.34. The van der Waals surface area contributed by atoms with E-state index < -0.39 is 6.09 Å². The minimum Gasteiger partial charge on any atom is -0.446 e. The van der Waals surface area contributed by atoms with E-state index in [1.807, 2.05) is 12.4 Å². The summed E-state index contributed by atoms with van der Waals surface area (Å²) in [4.78, 5) is 27.7. The van der Waals surface area contributed by atoms with Crippen LogP contribution in [0.25, 0.3) is 5.57 Å². The topological polar surface area (TPSA) is 68.3 Å². The highest BCUT2D eigenvalue weighted by molar-refractivity contribution is 5.81. The first-order chi connectivity index (χ1) is 16.2. The quantitative estimate of drug-likeness (QED) is 0.548. The summed E-state index contributed by atoms with van der Waals surface area (Å²) in [6, 6.07) is 4.27. The van der Waals surface area contributed by atoms with Crippen LogP contribution in [0.15, 0.2) is 42.3 Å². The number of pyridine rings is 1. The average Bonchev–Trinajstić information content (AvgIpc) is 3.10. The number of ketones is 1. The average molecular weight is 463 g/mol. The largest absolute Gasteiger partial charge is 0.446 e. The lowest BCUT2D eigenvalue weighted by atomic mass is 9.42. The van der Waals surface area contributed by atoms with Crippen LogP contribution in [0.4, 0.5) is 4.79 Å². The molecule has 0 bridgehead atoms. The lowest BCUT2D eigenvalue weighted by molar-refractivity contribution is -0.116. The molecule has 1 aromatic rings. The van der Waals surface area contributed by atoms with Gasteiger partial charge in [0.25, 0.3) is 0 Å². The molecule has 1 heterocycles. The molecule has 5 rings (SSSR count). The van der Waals surface area contributed by atoms with Crippen molar-refractivity contribution in [3.63, 3.8) is 0 Å². The lowest BCUT2D eigenvalue weighted by Gasteiger charge is -2.62. The van der Waals surface area contributed by atoms with Crippen molar-refractivity contribution in [1.82, 2.24) is 10.3 Å². The van der Waals surface area contributed by atoms with E-state index in [-0.39, 0.29) is 34.7 Å². The third-order valence-corrected chi connectivity index (χ3v) is 10.2. The number of carbonyl (C=O) groups is 2. The Hall–Kier alpha value is -2.43. The molecule has 2 saturated carbocycles. The van der Waals surface area contributed by atoms with Gasteiger partial charge in [-0.25, -0.2) is 4.79 Å². The Bertz CT molecular complexity index is 1050. The van der Waals surface area contributed by atoms with E-state index in [9.17, 15) is 9.59 Å². The number of allylic oxidation sites excluding steroid dienone is 3. The Morgan fingerprint density at radius 2 is 1.97 bits per heavy atom. The van der Waals surface area contributed by atoms with Crippen LogP contribution >= 0.6 is 0 Å². The van der Waals surface area contributed by atoms with Gasteiger partial charge in [-0.2, -0.15) is 0 Å². The van der Waals surface area contributed by atoms with Crippen LogP contribution in [0.5, 0.6) is 0 Å². The van der Waals surface area contributed by atoms with Crippen molar-refractivity contribution in [3.05, 3.63) is 47.8 Å². The molecule has 1 aromatic heterocycles. The number of Topliss-reactive ketones (excluding diaryl/α,β-unsaturated/α-hetero) is 1. The highest BCUT2D eigenvalue weighted by Gasteiger charge is 2.62. The van der Waals surface area contributed by atoms with Gasteiger partial charge in [0.15, 0.2) is 0 Å². The fourth-order valence-corrected chi connectivity index (χ4v) is 7.99. The summed E-state index contributed by atoms with van der Waals surface area (Å²) < 4.78 is 5.68. The summed E-state index contributed by atoms with van der Waals surface area (Å²) in [7, 11) is 0. The molecule has 0 spiro atoms. The van der Waals surface area contributed by atoms with Crippen LogP contribution in [0, 0.1) is 28.1 Å². The molecule has 0 radical (unpaired) electrons. The maximum Gasteiger partial charge on any atom is 0.407 e. The van der Waals surface area contributed by atoms with Gasteiger partial charge in [0, 0.05) is 18.8 Å². The van der Waals surface area contributed by atoms with Gasteiger partial charge < -0.3 is 10.1 Å². The molecule has 34 heavy (non-hydrogen) atoms. The van der Waals surface area contributed by atoms with Crippen LogP contribution in [0.2, 0.25) is 0 Å². The van der Waals surface area contributed by atoms with E-state index in [1.165, 1.54) is 36.5 Å². The summed E-state index contributed by atoms with van der Waals surface area (Å²) >= 11 is 0. The third-order valence-electron chi connectivity index (χ3n) is 10.2. The minimum absolute atomic E-state index is 0.0299. The van der Waals surface area contributed by atoms with Crippen molar-refractivity contribution in [2.45, 2.75) is 78.7 Å². The van der Waals surface area contributed by atoms with E-state index in [0.717, 1.165) is 32.1 Å². The van der Waals surface area contributed by atoms with Gasteiger partial charge in [0.1, 0.15) is 11.9 Å². The molecule has 0 aromatic carbocycles. The Morgan fingerprint density at radius 3 is 2.71 bits per heavy atom. The fraction of sp³-hybridized carbons (Fsp3) is 0.621. The molecule has 4 aliphatic rings. The van der Waals surface area contributed by atoms with Gasteiger partial charge >= 0.3 is 6.09 Å². The number of alkyl carbamates (subject to hydrolysis) is 1. The van der Waals surface area contributed by atoms with E-state index in [2.05, 4.69) is 55.4 Å². The zero-order valence-electron chi connectivity index (χ0n) is 21.0. The standard InChI is InChI=1S/C29H38N2O3/c1-19(32)17-31-26(33)34-22-9-12-27(2)21(16-22)7-8-25-24(27)11-14-28(3)23(10-13-29(25,28)4)20-6-5-15-30-18-20/h5-7,10,15,18,22,24-25H,8-9,11-14,16-17H2,1-4H3,(H,31,33)/t22-,24-,25+,27-,28+,29?/m0/s1. The van der Waals surface area contributed by atoms with Gasteiger partial charge in [-0.05, 0) is 90.7 Å². The van der Waals surface area contributed by atoms with Crippen molar-refractivity contribution in [2.75, 3.05) is 6.54 Å². The van der Waals surface area contributed by atoms with E-state index in [0.29, 0.717) is 11.8 Å². The number of amides is 1. The van der Waals surface area contributed by atoms with Crippen LogP contribution in [-0.4, -0.2) is 29.5 Å². The molecule has 5 nitrogen and oxygen atoms in total. The zero-order valence-corrected chi connectivity index (χ0v) is 21.0. The molecule has 5 heteroatoms. The second-order valence-electron chi connectivity index (χ2n) is 11.8.